The van der Waals surface area contributed by atoms with Crippen LogP contribution in [-0.4, -0.2) is 29.6 Å². The standard InChI is InChI=1S/C17H24N2O3/c1-17(2,3)15(21)10-18-16(22)19-12-8-7-11-5-4-6-14(20)13(11)9-12/h7-9,15,21H,4-6,10H2,1-3H3,(H2,18,19,22). The fourth-order valence-corrected chi connectivity index (χ4v) is 2.38. The van der Waals surface area contributed by atoms with Gasteiger partial charge in [-0.2, -0.15) is 0 Å². The average molecular weight is 304 g/mol. The number of hydrogen-bond donors (Lipinski definition) is 3. The lowest BCUT2D eigenvalue weighted by atomic mass is 9.89. The predicted molar refractivity (Wildman–Crippen MR) is 86.2 cm³/mol. The molecule has 2 rings (SSSR count). The van der Waals surface area contributed by atoms with Crippen molar-refractivity contribution >= 4 is 17.5 Å². The zero-order valence-electron chi connectivity index (χ0n) is 13.4. The fraction of sp³-hybridized carbons (Fsp3) is 0.529. The molecular formula is C17H24N2O3. The van der Waals surface area contributed by atoms with Gasteiger partial charge in [-0.3, -0.25) is 4.79 Å². The largest absolute Gasteiger partial charge is 0.391 e. The molecule has 0 bridgehead atoms. The van der Waals surface area contributed by atoms with Gasteiger partial charge in [-0.15, -0.1) is 0 Å². The number of amides is 2. The average Bonchev–Trinajstić information content (AvgIpc) is 2.44. The molecule has 1 atom stereocenters. The highest BCUT2D eigenvalue weighted by molar-refractivity contribution is 6.00. The van der Waals surface area contributed by atoms with Crippen molar-refractivity contribution in [1.82, 2.24) is 5.32 Å². The summed E-state index contributed by atoms with van der Waals surface area (Å²) in [6.45, 7) is 5.91. The number of urea groups is 1. The fourth-order valence-electron chi connectivity index (χ4n) is 2.38. The van der Waals surface area contributed by atoms with Crippen LogP contribution in [0.3, 0.4) is 0 Å². The van der Waals surface area contributed by atoms with Crippen molar-refractivity contribution in [1.29, 1.82) is 0 Å². The molecule has 2 amide bonds. The molecule has 0 fully saturated rings. The summed E-state index contributed by atoms with van der Waals surface area (Å²) in [6.07, 6.45) is 1.75. The van der Waals surface area contributed by atoms with Crippen LogP contribution in [0, 0.1) is 5.41 Å². The van der Waals surface area contributed by atoms with E-state index in [9.17, 15) is 14.7 Å². The Bertz CT molecular complexity index is 576. The summed E-state index contributed by atoms with van der Waals surface area (Å²) in [5.74, 6) is 0.133. The van der Waals surface area contributed by atoms with Gasteiger partial charge >= 0.3 is 6.03 Å². The van der Waals surface area contributed by atoms with E-state index in [0.717, 1.165) is 18.4 Å². The topological polar surface area (TPSA) is 78.4 Å². The zero-order chi connectivity index (χ0) is 16.3. The van der Waals surface area contributed by atoms with Crippen LogP contribution in [-0.2, 0) is 6.42 Å². The van der Waals surface area contributed by atoms with E-state index in [0.29, 0.717) is 17.7 Å². The normalized spacial score (nSPS) is 15.9. The number of ketones is 1. The third kappa shape index (κ3) is 4.07. The third-order valence-electron chi connectivity index (χ3n) is 3.97. The van der Waals surface area contributed by atoms with Crippen LogP contribution in [0.15, 0.2) is 18.2 Å². The van der Waals surface area contributed by atoms with Crippen molar-refractivity contribution in [3.05, 3.63) is 29.3 Å². The Hall–Kier alpha value is -1.88. The van der Waals surface area contributed by atoms with Gasteiger partial charge in [0.2, 0.25) is 0 Å². The second-order valence-corrected chi connectivity index (χ2v) is 6.87. The van der Waals surface area contributed by atoms with Gasteiger partial charge in [-0.1, -0.05) is 26.8 Å². The van der Waals surface area contributed by atoms with Crippen LogP contribution in [0.1, 0.15) is 49.5 Å². The maximum Gasteiger partial charge on any atom is 0.319 e. The highest BCUT2D eigenvalue weighted by atomic mass is 16.3. The second-order valence-electron chi connectivity index (χ2n) is 6.87. The van der Waals surface area contributed by atoms with Crippen molar-refractivity contribution < 1.29 is 14.7 Å². The minimum absolute atomic E-state index is 0.133. The highest BCUT2D eigenvalue weighted by Crippen LogP contribution is 2.24. The number of carbonyl (C=O) groups is 2. The van der Waals surface area contributed by atoms with Crippen LogP contribution in [0.25, 0.3) is 0 Å². The van der Waals surface area contributed by atoms with E-state index in [-0.39, 0.29) is 23.8 Å². The van der Waals surface area contributed by atoms with E-state index in [1.807, 2.05) is 26.8 Å². The monoisotopic (exact) mass is 304 g/mol. The molecule has 5 heteroatoms. The Morgan fingerprint density at radius 2 is 2.05 bits per heavy atom. The maximum atomic E-state index is 11.9. The van der Waals surface area contributed by atoms with Crippen molar-refractivity contribution in [3.8, 4) is 0 Å². The van der Waals surface area contributed by atoms with Crippen molar-refractivity contribution in [2.45, 2.75) is 46.1 Å². The molecule has 1 aromatic carbocycles. The molecule has 1 unspecified atom stereocenters. The number of fused-ring (bicyclic) bond motifs is 1. The van der Waals surface area contributed by atoms with Gasteiger partial charge in [0.1, 0.15) is 0 Å². The molecule has 1 aliphatic carbocycles. The first-order valence-electron chi connectivity index (χ1n) is 7.66. The van der Waals surface area contributed by atoms with Gasteiger partial charge in [0.05, 0.1) is 6.10 Å². The molecular weight excluding hydrogens is 280 g/mol. The van der Waals surface area contributed by atoms with Gasteiger partial charge < -0.3 is 15.7 Å². The summed E-state index contributed by atoms with van der Waals surface area (Å²) in [6, 6.07) is 5.05. The number of nitrogens with one attached hydrogen (secondary N) is 2. The maximum absolute atomic E-state index is 11.9. The van der Waals surface area contributed by atoms with E-state index in [1.54, 1.807) is 12.1 Å². The Morgan fingerprint density at radius 1 is 1.32 bits per heavy atom. The molecule has 0 aliphatic heterocycles. The number of rotatable bonds is 3. The van der Waals surface area contributed by atoms with Gasteiger partial charge in [0, 0.05) is 24.2 Å². The summed E-state index contributed by atoms with van der Waals surface area (Å²) in [5.41, 5.74) is 2.06. The molecule has 0 saturated heterocycles. The second kappa shape index (κ2) is 6.48. The van der Waals surface area contributed by atoms with Crippen LogP contribution in [0.4, 0.5) is 10.5 Å². The molecule has 22 heavy (non-hydrogen) atoms. The summed E-state index contributed by atoms with van der Waals surface area (Å²) < 4.78 is 0. The molecule has 0 aromatic heterocycles. The number of benzene rings is 1. The molecule has 0 radical (unpaired) electrons. The minimum atomic E-state index is -0.622. The van der Waals surface area contributed by atoms with Gasteiger partial charge in [-0.25, -0.2) is 4.79 Å². The zero-order valence-corrected chi connectivity index (χ0v) is 13.4. The summed E-state index contributed by atoms with van der Waals surface area (Å²) in [4.78, 5) is 23.8. The highest BCUT2D eigenvalue weighted by Gasteiger charge is 2.22. The third-order valence-corrected chi connectivity index (χ3v) is 3.97. The number of aliphatic hydroxyl groups excluding tert-OH is 1. The van der Waals surface area contributed by atoms with Crippen LogP contribution >= 0.6 is 0 Å². The molecule has 5 nitrogen and oxygen atoms in total. The lowest BCUT2D eigenvalue weighted by molar-refractivity contribution is 0.0654. The first-order chi connectivity index (χ1) is 10.3. The number of Topliss-reactive ketones (excluding diaryl/α,β-unsaturated/α-hetero) is 1. The van der Waals surface area contributed by atoms with Gasteiger partial charge in [0.25, 0.3) is 0 Å². The smallest absolute Gasteiger partial charge is 0.319 e. The summed E-state index contributed by atoms with van der Waals surface area (Å²) in [7, 11) is 0. The number of aryl methyl sites for hydroxylation is 1. The molecule has 0 saturated carbocycles. The Balaban J connectivity index is 1.95. The Labute approximate surface area is 131 Å². The van der Waals surface area contributed by atoms with E-state index < -0.39 is 6.10 Å². The first kappa shape index (κ1) is 16.5. The van der Waals surface area contributed by atoms with E-state index in [4.69, 9.17) is 0 Å². The lowest BCUT2D eigenvalue weighted by Crippen LogP contribution is -2.40. The van der Waals surface area contributed by atoms with Gasteiger partial charge in [-0.05, 0) is 36.0 Å². The predicted octanol–water partition coefficient (Wildman–Crippen LogP) is 2.73. The summed E-state index contributed by atoms with van der Waals surface area (Å²) in [5, 5.41) is 15.3. The van der Waals surface area contributed by atoms with Crippen molar-refractivity contribution in [2.75, 3.05) is 11.9 Å². The quantitative estimate of drug-likeness (QED) is 0.803. The Kier molecular flexibility index (Phi) is 4.86. The first-order valence-corrected chi connectivity index (χ1v) is 7.66. The Morgan fingerprint density at radius 3 is 2.73 bits per heavy atom. The molecule has 120 valence electrons. The minimum Gasteiger partial charge on any atom is -0.391 e. The summed E-state index contributed by atoms with van der Waals surface area (Å²) >= 11 is 0. The van der Waals surface area contributed by atoms with Crippen LogP contribution in [0.2, 0.25) is 0 Å². The number of aliphatic hydroxyl groups is 1. The van der Waals surface area contributed by atoms with Crippen molar-refractivity contribution in [2.24, 2.45) is 5.41 Å². The molecule has 0 heterocycles. The van der Waals surface area contributed by atoms with Crippen molar-refractivity contribution in [3.63, 3.8) is 0 Å². The lowest BCUT2D eigenvalue weighted by Gasteiger charge is -2.26. The molecule has 3 N–H and O–H groups in total. The van der Waals surface area contributed by atoms with Gasteiger partial charge in [0.15, 0.2) is 5.78 Å². The molecule has 1 aromatic rings. The van der Waals surface area contributed by atoms with Crippen LogP contribution in [0.5, 0.6) is 0 Å². The van der Waals surface area contributed by atoms with E-state index >= 15 is 0 Å². The number of anilines is 1. The number of hydrogen-bond acceptors (Lipinski definition) is 3. The van der Waals surface area contributed by atoms with Crippen LogP contribution < -0.4 is 10.6 Å². The van der Waals surface area contributed by atoms with E-state index in [2.05, 4.69) is 10.6 Å². The number of carbonyl (C=O) groups excluding carboxylic acids is 2. The SMILES string of the molecule is CC(C)(C)C(O)CNC(=O)Nc1ccc2c(c1)C(=O)CCC2. The van der Waals surface area contributed by atoms with E-state index in [1.165, 1.54) is 0 Å². The molecule has 1 aliphatic rings. The molecule has 0 spiro atoms.